The maximum atomic E-state index is 11.8. The molecule has 1 aromatic heterocycles. The van der Waals surface area contributed by atoms with Crippen molar-refractivity contribution in [2.75, 3.05) is 0 Å². The van der Waals surface area contributed by atoms with E-state index in [4.69, 9.17) is 4.74 Å². The number of ether oxygens (including phenoxy) is 1. The normalized spacial score (nSPS) is 11.3. The Bertz CT molecular complexity index is 892. The zero-order valence-corrected chi connectivity index (χ0v) is 14.7. The van der Waals surface area contributed by atoms with Gasteiger partial charge in [-0.15, -0.1) is 0 Å². The number of benzene rings is 2. The Morgan fingerprint density at radius 3 is 2.68 bits per heavy atom. The van der Waals surface area contributed by atoms with E-state index < -0.39 is 11.7 Å². The minimum absolute atomic E-state index is 0.410. The first-order valence-electron chi connectivity index (χ1n) is 8.32. The molecule has 0 unspecified atom stereocenters. The van der Waals surface area contributed by atoms with Crippen LogP contribution in [-0.4, -0.2) is 16.7 Å². The smallest absolute Gasteiger partial charge is 0.407 e. The summed E-state index contributed by atoms with van der Waals surface area (Å²) in [6.45, 7) is 5.95. The molecule has 0 bridgehead atoms. The number of carbonyl (C=O) groups excluding carboxylic acids is 1. The van der Waals surface area contributed by atoms with Crippen LogP contribution in [0.4, 0.5) is 4.79 Å². The van der Waals surface area contributed by atoms with Crippen molar-refractivity contribution in [3.05, 3.63) is 66.4 Å². The maximum absolute atomic E-state index is 11.8. The van der Waals surface area contributed by atoms with E-state index in [1.165, 1.54) is 0 Å². The van der Waals surface area contributed by atoms with Gasteiger partial charge in [0.1, 0.15) is 5.60 Å². The number of carbonyl (C=O) groups is 1. The predicted molar refractivity (Wildman–Crippen MR) is 100 cm³/mol. The second-order valence-corrected chi connectivity index (χ2v) is 6.94. The van der Waals surface area contributed by atoms with Crippen molar-refractivity contribution in [1.29, 1.82) is 0 Å². The van der Waals surface area contributed by atoms with Crippen LogP contribution in [0.2, 0.25) is 0 Å². The molecule has 0 spiro atoms. The number of hydrogen-bond acceptors (Lipinski definition) is 3. The summed E-state index contributed by atoms with van der Waals surface area (Å²) >= 11 is 0. The Balaban J connectivity index is 1.81. The van der Waals surface area contributed by atoms with Crippen molar-refractivity contribution in [3.8, 4) is 11.3 Å². The van der Waals surface area contributed by atoms with Gasteiger partial charge in [0.05, 0.1) is 5.69 Å². The number of hydrogen-bond donors (Lipinski definition) is 1. The number of pyridine rings is 1. The number of rotatable bonds is 3. The van der Waals surface area contributed by atoms with Crippen LogP contribution < -0.4 is 5.32 Å². The molecule has 1 heterocycles. The predicted octanol–water partition coefficient (Wildman–Crippen LogP) is 4.93. The summed E-state index contributed by atoms with van der Waals surface area (Å²) in [4.78, 5) is 16.4. The average molecular weight is 334 g/mol. The number of alkyl carbamates (subject to hydrolysis) is 1. The Morgan fingerprint density at radius 1 is 1.08 bits per heavy atom. The van der Waals surface area contributed by atoms with E-state index in [9.17, 15) is 4.79 Å². The average Bonchev–Trinajstić information content (AvgIpc) is 2.58. The number of aromatic nitrogens is 1. The first kappa shape index (κ1) is 17.0. The van der Waals surface area contributed by atoms with Crippen LogP contribution in [-0.2, 0) is 11.3 Å². The van der Waals surface area contributed by atoms with Gasteiger partial charge in [0.15, 0.2) is 0 Å². The standard InChI is InChI=1S/C21H22N2O2/c1-21(2,3)25-20(24)23-14-15-7-6-9-17(13-15)19-18-10-5-4-8-16(18)11-12-22-19/h4-13H,14H2,1-3H3,(H,23,24). The van der Waals surface area contributed by atoms with Crippen LogP contribution in [0.1, 0.15) is 26.3 Å². The second-order valence-electron chi connectivity index (χ2n) is 6.94. The molecule has 3 aromatic rings. The molecule has 0 fully saturated rings. The van der Waals surface area contributed by atoms with Gasteiger partial charge in [-0.2, -0.15) is 0 Å². The number of nitrogens with zero attached hydrogens (tertiary/aromatic N) is 1. The topological polar surface area (TPSA) is 51.2 Å². The molecule has 1 amide bonds. The summed E-state index contributed by atoms with van der Waals surface area (Å²) < 4.78 is 5.27. The largest absolute Gasteiger partial charge is 0.444 e. The van der Waals surface area contributed by atoms with Gasteiger partial charge in [0.2, 0.25) is 0 Å². The molecule has 128 valence electrons. The summed E-state index contributed by atoms with van der Waals surface area (Å²) in [6.07, 6.45) is 1.41. The molecule has 25 heavy (non-hydrogen) atoms. The summed E-state index contributed by atoms with van der Waals surface area (Å²) in [5.41, 5.74) is 2.47. The summed E-state index contributed by atoms with van der Waals surface area (Å²) in [7, 11) is 0. The van der Waals surface area contributed by atoms with Crippen molar-refractivity contribution in [2.24, 2.45) is 0 Å². The van der Waals surface area contributed by atoms with Gasteiger partial charge in [0, 0.05) is 23.7 Å². The first-order chi connectivity index (χ1) is 11.9. The van der Waals surface area contributed by atoms with E-state index in [0.717, 1.165) is 27.6 Å². The molecule has 0 aliphatic heterocycles. The van der Waals surface area contributed by atoms with E-state index >= 15 is 0 Å². The van der Waals surface area contributed by atoms with Gasteiger partial charge in [-0.3, -0.25) is 4.98 Å². The van der Waals surface area contributed by atoms with E-state index in [1.54, 1.807) is 0 Å². The second kappa shape index (κ2) is 6.93. The van der Waals surface area contributed by atoms with E-state index in [-0.39, 0.29) is 0 Å². The molecule has 4 nitrogen and oxygen atoms in total. The molecule has 0 atom stereocenters. The Labute approximate surface area is 147 Å². The number of fused-ring (bicyclic) bond motifs is 1. The van der Waals surface area contributed by atoms with Crippen molar-refractivity contribution in [1.82, 2.24) is 10.3 Å². The van der Waals surface area contributed by atoms with Gasteiger partial charge in [0.25, 0.3) is 0 Å². The molecular weight excluding hydrogens is 312 g/mol. The molecule has 0 saturated heterocycles. The Kier molecular flexibility index (Phi) is 4.70. The van der Waals surface area contributed by atoms with Gasteiger partial charge < -0.3 is 10.1 Å². The zero-order valence-electron chi connectivity index (χ0n) is 14.7. The monoisotopic (exact) mass is 334 g/mol. The molecule has 1 N–H and O–H groups in total. The minimum Gasteiger partial charge on any atom is -0.444 e. The minimum atomic E-state index is -0.501. The summed E-state index contributed by atoms with van der Waals surface area (Å²) in [5.74, 6) is 0. The number of amides is 1. The highest BCUT2D eigenvalue weighted by molar-refractivity contribution is 5.94. The van der Waals surface area contributed by atoms with Gasteiger partial charge in [-0.05, 0) is 43.9 Å². The van der Waals surface area contributed by atoms with Crippen LogP contribution in [0, 0.1) is 0 Å². The molecule has 3 rings (SSSR count). The van der Waals surface area contributed by atoms with Crippen LogP contribution in [0.15, 0.2) is 60.8 Å². The first-order valence-corrected chi connectivity index (χ1v) is 8.32. The van der Waals surface area contributed by atoms with Gasteiger partial charge in [-0.25, -0.2) is 4.79 Å². The van der Waals surface area contributed by atoms with Crippen LogP contribution in [0.3, 0.4) is 0 Å². The maximum Gasteiger partial charge on any atom is 0.407 e. The molecule has 2 aromatic carbocycles. The fourth-order valence-electron chi connectivity index (χ4n) is 2.67. The van der Waals surface area contributed by atoms with E-state index in [0.29, 0.717) is 6.54 Å². The molecule has 0 aliphatic rings. The lowest BCUT2D eigenvalue weighted by Gasteiger charge is -2.19. The lowest BCUT2D eigenvalue weighted by atomic mass is 10.0. The lowest BCUT2D eigenvalue weighted by molar-refractivity contribution is 0.0523. The third-order valence-electron chi connectivity index (χ3n) is 3.71. The Hall–Kier alpha value is -2.88. The number of nitrogens with one attached hydrogen (secondary N) is 1. The highest BCUT2D eigenvalue weighted by atomic mass is 16.6. The third kappa shape index (κ3) is 4.35. The van der Waals surface area contributed by atoms with Crippen LogP contribution >= 0.6 is 0 Å². The van der Waals surface area contributed by atoms with Crippen molar-refractivity contribution >= 4 is 16.9 Å². The lowest BCUT2D eigenvalue weighted by Crippen LogP contribution is -2.32. The highest BCUT2D eigenvalue weighted by Gasteiger charge is 2.15. The van der Waals surface area contributed by atoms with Crippen LogP contribution in [0.25, 0.3) is 22.0 Å². The highest BCUT2D eigenvalue weighted by Crippen LogP contribution is 2.26. The molecule has 0 aliphatic carbocycles. The van der Waals surface area contributed by atoms with Gasteiger partial charge in [-0.1, -0.05) is 42.5 Å². The third-order valence-corrected chi connectivity index (χ3v) is 3.71. The van der Waals surface area contributed by atoms with E-state index in [2.05, 4.69) is 22.4 Å². The van der Waals surface area contributed by atoms with Crippen molar-refractivity contribution in [3.63, 3.8) is 0 Å². The molecular formula is C21H22N2O2. The van der Waals surface area contributed by atoms with Gasteiger partial charge >= 0.3 is 6.09 Å². The molecule has 0 radical (unpaired) electrons. The fraction of sp³-hybridized carbons (Fsp3) is 0.238. The molecule has 4 heteroatoms. The SMILES string of the molecule is CC(C)(C)OC(=O)NCc1cccc(-c2nccc3ccccc23)c1. The molecule has 0 saturated carbocycles. The Morgan fingerprint density at radius 2 is 1.88 bits per heavy atom. The van der Waals surface area contributed by atoms with E-state index in [1.807, 2.05) is 69.4 Å². The fourth-order valence-corrected chi connectivity index (χ4v) is 2.67. The zero-order chi connectivity index (χ0) is 17.9. The van der Waals surface area contributed by atoms with Crippen molar-refractivity contribution in [2.45, 2.75) is 32.9 Å². The quantitative estimate of drug-likeness (QED) is 0.739. The summed E-state index contributed by atoms with van der Waals surface area (Å²) in [6, 6.07) is 18.2. The van der Waals surface area contributed by atoms with Crippen molar-refractivity contribution < 1.29 is 9.53 Å². The van der Waals surface area contributed by atoms with Crippen LogP contribution in [0.5, 0.6) is 0 Å². The summed E-state index contributed by atoms with van der Waals surface area (Å²) in [5, 5.41) is 5.06.